The summed E-state index contributed by atoms with van der Waals surface area (Å²) < 4.78 is 22.7. The maximum Gasteiger partial charge on any atom is 0.361 e. The molecule has 0 aliphatic rings. The molecule has 0 aromatic carbocycles. The van der Waals surface area contributed by atoms with Gasteiger partial charge in [0.05, 0.1) is 34.4 Å². The Morgan fingerprint density at radius 3 is 1.18 bits per heavy atom. The number of quaternary nitrogens is 1. The summed E-state index contributed by atoms with van der Waals surface area (Å²) in [6.45, 7) is 4.68. The molecule has 9 heteroatoms. The van der Waals surface area contributed by atoms with Crippen LogP contribution in [0.5, 0.6) is 0 Å². The fourth-order valence-electron chi connectivity index (χ4n) is 7.68. The van der Waals surface area contributed by atoms with Crippen molar-refractivity contribution in [3.8, 4) is 0 Å². The normalized spacial score (nSPS) is 13.5. The topological polar surface area (TPSA) is 108 Å². The van der Waals surface area contributed by atoms with E-state index in [0.717, 1.165) is 96.3 Å². The van der Waals surface area contributed by atoms with Gasteiger partial charge >= 0.3 is 17.9 Å². The van der Waals surface area contributed by atoms with Crippen LogP contribution in [0.2, 0.25) is 0 Å². The molecular weight excluding hydrogens is 899 g/mol. The first-order valence-corrected chi connectivity index (χ1v) is 28.9. The summed E-state index contributed by atoms with van der Waals surface area (Å²) >= 11 is 0. The smallest absolute Gasteiger partial charge is 0.361 e. The number of carbonyl (C=O) groups excluding carboxylic acids is 2. The number of ether oxygens (including phenoxy) is 4. The van der Waals surface area contributed by atoms with Crippen molar-refractivity contribution >= 4 is 17.9 Å². The van der Waals surface area contributed by atoms with E-state index in [4.69, 9.17) is 18.9 Å². The maximum atomic E-state index is 12.8. The molecule has 2 unspecified atom stereocenters. The van der Waals surface area contributed by atoms with Gasteiger partial charge in [-0.1, -0.05) is 233 Å². The van der Waals surface area contributed by atoms with Crippen LogP contribution in [0, 0.1) is 0 Å². The van der Waals surface area contributed by atoms with Crippen LogP contribution in [0.15, 0.2) is 97.2 Å². The SMILES string of the molecule is CC/C=C\C/C=C\C/C=C\C/C=C\C/C=C\C/C=C\C/C=C\C/C=C\CCCCCCCCCCCCCCCCCCC(=O)OC(COC(=O)CCCCCCCC)COC(OCC[N+](C)(C)C)C(=O)O. The molecule has 0 spiro atoms. The largest absolute Gasteiger partial charge is 0.477 e. The Bertz CT molecular complexity index is 1500. The highest BCUT2D eigenvalue weighted by atomic mass is 16.7. The highest BCUT2D eigenvalue weighted by molar-refractivity contribution is 5.71. The number of carbonyl (C=O) groups is 3. The van der Waals surface area contributed by atoms with E-state index >= 15 is 0 Å². The number of esters is 2. The third kappa shape index (κ3) is 54.0. The lowest BCUT2D eigenvalue weighted by atomic mass is 10.0. The molecule has 2 atom stereocenters. The average molecular weight is 1010 g/mol. The van der Waals surface area contributed by atoms with Crippen molar-refractivity contribution in [2.75, 3.05) is 47.5 Å². The number of hydrogen-bond acceptors (Lipinski definition) is 7. The van der Waals surface area contributed by atoms with Gasteiger partial charge in [0.25, 0.3) is 6.29 Å². The second-order valence-electron chi connectivity index (χ2n) is 20.2. The molecule has 0 bridgehead atoms. The Balaban J connectivity index is 3.91. The van der Waals surface area contributed by atoms with Gasteiger partial charge in [0, 0.05) is 12.8 Å². The van der Waals surface area contributed by atoms with E-state index < -0.39 is 24.3 Å². The highest BCUT2D eigenvalue weighted by Gasteiger charge is 2.25. The van der Waals surface area contributed by atoms with Crippen LogP contribution in [0.1, 0.15) is 226 Å². The zero-order valence-electron chi connectivity index (χ0n) is 46.8. The zero-order valence-corrected chi connectivity index (χ0v) is 46.8. The molecule has 0 amide bonds. The molecule has 72 heavy (non-hydrogen) atoms. The van der Waals surface area contributed by atoms with Gasteiger partial charge in [-0.2, -0.15) is 0 Å². The van der Waals surface area contributed by atoms with Crippen LogP contribution in [-0.2, 0) is 33.3 Å². The summed E-state index contributed by atoms with van der Waals surface area (Å²) in [6.07, 6.45) is 69.8. The monoisotopic (exact) mass is 1010 g/mol. The summed E-state index contributed by atoms with van der Waals surface area (Å²) in [7, 11) is 5.95. The number of rotatable bonds is 52. The van der Waals surface area contributed by atoms with Crippen LogP contribution in [0.25, 0.3) is 0 Å². The van der Waals surface area contributed by atoms with Crippen molar-refractivity contribution in [2.24, 2.45) is 0 Å². The molecule has 9 nitrogen and oxygen atoms in total. The molecule has 0 radical (unpaired) electrons. The molecule has 0 saturated carbocycles. The predicted octanol–water partition coefficient (Wildman–Crippen LogP) is 17.0. The zero-order chi connectivity index (χ0) is 52.7. The fourth-order valence-corrected chi connectivity index (χ4v) is 7.68. The molecule has 412 valence electrons. The average Bonchev–Trinajstić information content (AvgIpc) is 3.35. The minimum atomic E-state index is -1.51. The highest BCUT2D eigenvalue weighted by Crippen LogP contribution is 2.16. The summed E-state index contributed by atoms with van der Waals surface area (Å²) in [6, 6.07) is 0. The fraction of sp³-hybridized carbons (Fsp3) is 0.698. The van der Waals surface area contributed by atoms with E-state index in [0.29, 0.717) is 17.4 Å². The van der Waals surface area contributed by atoms with Crippen molar-refractivity contribution in [3.63, 3.8) is 0 Å². The first kappa shape index (κ1) is 68.2. The minimum absolute atomic E-state index is 0.183. The third-order valence-electron chi connectivity index (χ3n) is 12.1. The second-order valence-corrected chi connectivity index (χ2v) is 20.2. The number of unbranched alkanes of at least 4 members (excludes halogenated alkanes) is 21. The van der Waals surface area contributed by atoms with Crippen molar-refractivity contribution in [1.82, 2.24) is 0 Å². The van der Waals surface area contributed by atoms with Gasteiger partial charge in [0.1, 0.15) is 13.2 Å². The predicted molar refractivity (Wildman–Crippen MR) is 304 cm³/mol. The van der Waals surface area contributed by atoms with E-state index in [1.807, 2.05) is 21.1 Å². The minimum Gasteiger partial charge on any atom is -0.477 e. The molecule has 0 saturated heterocycles. The Kier molecular flexibility index (Phi) is 50.7. The van der Waals surface area contributed by atoms with Crippen LogP contribution < -0.4 is 0 Å². The summed E-state index contributed by atoms with van der Waals surface area (Å²) in [5.41, 5.74) is 0. The second kappa shape index (κ2) is 53.5. The lowest BCUT2D eigenvalue weighted by Gasteiger charge is -2.25. The maximum absolute atomic E-state index is 12.8. The van der Waals surface area contributed by atoms with Crippen molar-refractivity contribution < 1.29 is 42.9 Å². The van der Waals surface area contributed by atoms with Gasteiger partial charge in [0.2, 0.25) is 0 Å². The molecule has 0 aliphatic heterocycles. The van der Waals surface area contributed by atoms with E-state index in [9.17, 15) is 19.5 Å². The van der Waals surface area contributed by atoms with E-state index in [-0.39, 0.29) is 32.2 Å². The van der Waals surface area contributed by atoms with Crippen LogP contribution in [-0.4, -0.2) is 87.4 Å². The van der Waals surface area contributed by atoms with E-state index in [1.165, 1.54) is 103 Å². The number of carboxylic acid groups (broad SMARTS) is 1. The Morgan fingerprint density at radius 2 is 0.792 bits per heavy atom. The number of hydrogen-bond donors (Lipinski definition) is 1. The Labute approximate surface area is 442 Å². The lowest BCUT2D eigenvalue weighted by molar-refractivity contribution is -0.870. The molecule has 0 rings (SSSR count). The number of aliphatic carboxylic acids is 1. The molecular formula is C63H108NO8+. The summed E-state index contributed by atoms with van der Waals surface area (Å²) in [5.74, 6) is -2.02. The molecule has 0 aliphatic carbocycles. The van der Waals surface area contributed by atoms with Gasteiger partial charge in [-0.25, -0.2) is 4.79 Å². The quantitative estimate of drug-likeness (QED) is 0.0211. The Morgan fingerprint density at radius 1 is 0.431 bits per heavy atom. The molecule has 0 fully saturated rings. The Hall–Kier alpha value is -3.79. The lowest BCUT2D eigenvalue weighted by Crippen LogP contribution is -2.40. The molecule has 1 N–H and O–H groups in total. The van der Waals surface area contributed by atoms with Gasteiger partial charge in [-0.05, 0) is 77.0 Å². The number of carboxylic acids is 1. The summed E-state index contributed by atoms with van der Waals surface area (Å²) in [4.78, 5) is 37.0. The van der Waals surface area contributed by atoms with Crippen molar-refractivity contribution in [3.05, 3.63) is 97.2 Å². The number of allylic oxidation sites excluding steroid dienone is 16. The molecule has 0 aromatic heterocycles. The van der Waals surface area contributed by atoms with Gasteiger partial charge < -0.3 is 28.5 Å². The van der Waals surface area contributed by atoms with Crippen LogP contribution >= 0.6 is 0 Å². The van der Waals surface area contributed by atoms with Gasteiger partial charge in [-0.15, -0.1) is 0 Å². The van der Waals surface area contributed by atoms with Crippen molar-refractivity contribution in [1.29, 1.82) is 0 Å². The number of nitrogens with zero attached hydrogens (tertiary/aromatic N) is 1. The van der Waals surface area contributed by atoms with E-state index in [2.05, 4.69) is 111 Å². The van der Waals surface area contributed by atoms with Crippen LogP contribution in [0.4, 0.5) is 0 Å². The van der Waals surface area contributed by atoms with Gasteiger partial charge in [0.15, 0.2) is 6.10 Å². The third-order valence-corrected chi connectivity index (χ3v) is 12.1. The standard InChI is InChI=1S/C63H107NO8/c1-6-8-10-12-14-15-16-17-18-19-20-21-22-23-24-25-26-27-28-29-30-31-32-33-34-35-36-37-38-39-40-41-42-43-44-45-46-47-48-50-52-54-61(66)72-59(57-70-60(65)53-51-49-13-11-9-7-2)58-71-63(62(67)68)69-56-55-64(3,4)5/h8,10,14-15,17-18,20-21,23-24,26-27,29-30,32-33,59,63H,6-7,9,11-13,16,19,22,25,28,31,34-58H2,1-5H3/p+1/b10-8-,15-14-,18-17-,21-20-,24-23-,27-26-,30-29-,33-32-. The molecule has 0 heterocycles. The van der Waals surface area contributed by atoms with E-state index in [1.54, 1.807) is 0 Å². The molecule has 0 aromatic rings. The first-order valence-electron chi connectivity index (χ1n) is 28.9. The van der Waals surface area contributed by atoms with Crippen molar-refractivity contribution in [2.45, 2.75) is 238 Å². The van der Waals surface area contributed by atoms with Gasteiger partial charge in [-0.3, -0.25) is 9.59 Å². The number of likely N-dealkylation sites (N-methyl/N-ethyl adjacent to an activating group) is 1. The first-order chi connectivity index (χ1) is 35.1. The van der Waals surface area contributed by atoms with Crippen LogP contribution in [0.3, 0.4) is 0 Å². The summed E-state index contributed by atoms with van der Waals surface area (Å²) in [5, 5.41) is 9.63.